The van der Waals surface area contributed by atoms with Gasteiger partial charge in [-0.2, -0.15) is 0 Å². The van der Waals surface area contributed by atoms with Crippen LogP contribution >= 0.6 is 0 Å². The lowest BCUT2D eigenvalue weighted by atomic mass is 10.1. The Labute approximate surface area is 99.5 Å². The number of nitrogen functional groups attached to an aromatic ring is 1. The highest BCUT2D eigenvalue weighted by Gasteiger charge is 2.14. The smallest absolute Gasteiger partial charge is 0.0602 e. The van der Waals surface area contributed by atoms with E-state index in [2.05, 4.69) is 37.8 Å². The van der Waals surface area contributed by atoms with Gasteiger partial charge in [-0.3, -0.25) is 0 Å². The zero-order chi connectivity index (χ0) is 12.0. The summed E-state index contributed by atoms with van der Waals surface area (Å²) < 4.78 is 0. The molecule has 0 bridgehead atoms. The van der Waals surface area contributed by atoms with Crippen LogP contribution in [-0.4, -0.2) is 12.6 Å². The molecule has 90 valence electrons. The first-order valence-electron chi connectivity index (χ1n) is 6.31. The van der Waals surface area contributed by atoms with Crippen molar-refractivity contribution in [2.24, 2.45) is 0 Å². The van der Waals surface area contributed by atoms with E-state index in [1.54, 1.807) is 0 Å². The number of rotatable bonds is 6. The molecule has 0 heterocycles. The number of nitrogens with two attached hydrogens (primary N) is 1. The van der Waals surface area contributed by atoms with Gasteiger partial charge in [0.1, 0.15) is 0 Å². The minimum absolute atomic E-state index is 0.564. The van der Waals surface area contributed by atoms with Gasteiger partial charge in [-0.25, -0.2) is 0 Å². The molecule has 0 spiro atoms. The summed E-state index contributed by atoms with van der Waals surface area (Å²) in [6.07, 6.45) is 3.59. The summed E-state index contributed by atoms with van der Waals surface area (Å²) in [5, 5.41) is 0. The van der Waals surface area contributed by atoms with Crippen LogP contribution in [0.1, 0.15) is 40.0 Å². The van der Waals surface area contributed by atoms with Gasteiger partial charge in [-0.15, -0.1) is 0 Å². The minimum Gasteiger partial charge on any atom is -0.397 e. The molecule has 1 aromatic carbocycles. The highest BCUT2D eigenvalue weighted by Crippen LogP contribution is 2.25. The van der Waals surface area contributed by atoms with Gasteiger partial charge in [0.15, 0.2) is 0 Å². The van der Waals surface area contributed by atoms with Gasteiger partial charge < -0.3 is 10.6 Å². The number of anilines is 2. The first kappa shape index (κ1) is 12.9. The normalized spacial score (nSPS) is 12.4. The van der Waals surface area contributed by atoms with Crippen LogP contribution in [0, 0.1) is 0 Å². The third kappa shape index (κ3) is 3.16. The SMILES string of the molecule is CCCC(C)N(CCC)c1ccccc1N. The van der Waals surface area contributed by atoms with Crippen molar-refractivity contribution in [1.82, 2.24) is 0 Å². The van der Waals surface area contributed by atoms with Gasteiger partial charge in [0.25, 0.3) is 0 Å². The van der Waals surface area contributed by atoms with E-state index in [0.717, 1.165) is 18.7 Å². The van der Waals surface area contributed by atoms with Crippen molar-refractivity contribution >= 4 is 11.4 Å². The van der Waals surface area contributed by atoms with E-state index in [4.69, 9.17) is 5.73 Å². The Hall–Kier alpha value is -1.18. The Morgan fingerprint density at radius 1 is 1.19 bits per heavy atom. The lowest BCUT2D eigenvalue weighted by Crippen LogP contribution is -2.34. The maximum absolute atomic E-state index is 6.04. The summed E-state index contributed by atoms with van der Waals surface area (Å²) in [6.45, 7) is 7.81. The zero-order valence-corrected chi connectivity index (χ0v) is 10.7. The predicted molar refractivity (Wildman–Crippen MR) is 72.9 cm³/mol. The Kier molecular flexibility index (Phi) is 5.17. The molecule has 0 saturated heterocycles. The van der Waals surface area contributed by atoms with E-state index in [1.165, 1.54) is 18.5 Å². The molecule has 0 aromatic heterocycles. The molecule has 0 fully saturated rings. The minimum atomic E-state index is 0.564. The summed E-state index contributed by atoms with van der Waals surface area (Å²) in [7, 11) is 0. The highest BCUT2D eigenvalue weighted by atomic mass is 15.2. The Balaban J connectivity index is 2.88. The maximum atomic E-state index is 6.04. The molecule has 0 aliphatic carbocycles. The van der Waals surface area contributed by atoms with Gasteiger partial charge in [0.05, 0.1) is 11.4 Å². The van der Waals surface area contributed by atoms with Crippen LogP contribution < -0.4 is 10.6 Å². The number of hydrogen-bond donors (Lipinski definition) is 1. The molecule has 1 unspecified atom stereocenters. The first-order valence-corrected chi connectivity index (χ1v) is 6.31. The van der Waals surface area contributed by atoms with Crippen molar-refractivity contribution in [3.05, 3.63) is 24.3 Å². The van der Waals surface area contributed by atoms with Gasteiger partial charge in [0, 0.05) is 12.6 Å². The standard InChI is InChI=1S/C14H24N2/c1-4-8-12(3)16(11-5-2)14-10-7-6-9-13(14)15/h6-7,9-10,12H,4-5,8,11,15H2,1-3H3. The molecule has 0 amide bonds. The molecule has 0 aliphatic rings. The molecular formula is C14H24N2. The molecule has 1 rings (SSSR count). The van der Waals surface area contributed by atoms with E-state index in [0.29, 0.717) is 6.04 Å². The van der Waals surface area contributed by atoms with Crippen LogP contribution in [0.5, 0.6) is 0 Å². The van der Waals surface area contributed by atoms with Gasteiger partial charge in [0.2, 0.25) is 0 Å². The van der Waals surface area contributed by atoms with E-state index in [9.17, 15) is 0 Å². The van der Waals surface area contributed by atoms with Crippen molar-refractivity contribution in [2.45, 2.75) is 46.1 Å². The van der Waals surface area contributed by atoms with Crippen molar-refractivity contribution in [3.63, 3.8) is 0 Å². The van der Waals surface area contributed by atoms with Crippen LogP contribution in [0.3, 0.4) is 0 Å². The van der Waals surface area contributed by atoms with Crippen molar-refractivity contribution < 1.29 is 0 Å². The van der Waals surface area contributed by atoms with Crippen LogP contribution in [0.2, 0.25) is 0 Å². The second-order valence-corrected chi connectivity index (χ2v) is 4.39. The molecule has 2 N–H and O–H groups in total. The molecule has 1 aromatic rings. The van der Waals surface area contributed by atoms with E-state index in [1.807, 2.05) is 12.1 Å². The fourth-order valence-corrected chi connectivity index (χ4v) is 2.14. The predicted octanol–water partition coefficient (Wildman–Crippen LogP) is 3.67. The van der Waals surface area contributed by atoms with Crippen molar-refractivity contribution in [1.29, 1.82) is 0 Å². The quantitative estimate of drug-likeness (QED) is 0.741. The van der Waals surface area contributed by atoms with Crippen LogP contribution in [-0.2, 0) is 0 Å². The molecule has 0 saturated carbocycles. The number of benzene rings is 1. The van der Waals surface area contributed by atoms with Crippen molar-refractivity contribution in [3.8, 4) is 0 Å². The lowest BCUT2D eigenvalue weighted by Gasteiger charge is -2.32. The number of nitrogens with zero attached hydrogens (tertiary/aromatic N) is 1. The largest absolute Gasteiger partial charge is 0.397 e. The molecule has 0 radical (unpaired) electrons. The molecular weight excluding hydrogens is 196 g/mol. The first-order chi connectivity index (χ1) is 7.70. The zero-order valence-electron chi connectivity index (χ0n) is 10.7. The van der Waals surface area contributed by atoms with Gasteiger partial charge >= 0.3 is 0 Å². The molecule has 0 aliphatic heterocycles. The maximum Gasteiger partial charge on any atom is 0.0602 e. The third-order valence-electron chi connectivity index (χ3n) is 2.95. The topological polar surface area (TPSA) is 29.3 Å². The average molecular weight is 220 g/mol. The summed E-state index contributed by atoms with van der Waals surface area (Å²) in [5.74, 6) is 0. The monoisotopic (exact) mass is 220 g/mol. The molecule has 16 heavy (non-hydrogen) atoms. The van der Waals surface area contributed by atoms with Crippen LogP contribution in [0.4, 0.5) is 11.4 Å². The van der Waals surface area contributed by atoms with E-state index in [-0.39, 0.29) is 0 Å². The molecule has 2 heteroatoms. The highest BCUT2D eigenvalue weighted by molar-refractivity contribution is 5.67. The lowest BCUT2D eigenvalue weighted by molar-refractivity contribution is 0.577. The fraction of sp³-hybridized carbons (Fsp3) is 0.571. The van der Waals surface area contributed by atoms with E-state index < -0.39 is 0 Å². The molecule has 2 nitrogen and oxygen atoms in total. The fourth-order valence-electron chi connectivity index (χ4n) is 2.14. The Morgan fingerprint density at radius 2 is 1.88 bits per heavy atom. The van der Waals surface area contributed by atoms with Gasteiger partial charge in [-0.1, -0.05) is 32.4 Å². The second kappa shape index (κ2) is 6.41. The van der Waals surface area contributed by atoms with Crippen LogP contribution in [0.25, 0.3) is 0 Å². The second-order valence-electron chi connectivity index (χ2n) is 4.39. The average Bonchev–Trinajstić information content (AvgIpc) is 2.27. The summed E-state index contributed by atoms with van der Waals surface area (Å²) in [4.78, 5) is 2.43. The van der Waals surface area contributed by atoms with E-state index >= 15 is 0 Å². The summed E-state index contributed by atoms with van der Waals surface area (Å²) in [5.41, 5.74) is 8.12. The number of para-hydroxylation sites is 2. The Morgan fingerprint density at radius 3 is 2.44 bits per heavy atom. The van der Waals surface area contributed by atoms with Crippen LogP contribution in [0.15, 0.2) is 24.3 Å². The third-order valence-corrected chi connectivity index (χ3v) is 2.95. The number of hydrogen-bond acceptors (Lipinski definition) is 2. The van der Waals surface area contributed by atoms with Crippen molar-refractivity contribution in [2.75, 3.05) is 17.2 Å². The Bertz CT molecular complexity index is 309. The summed E-state index contributed by atoms with van der Waals surface area (Å²) in [6, 6.07) is 8.73. The summed E-state index contributed by atoms with van der Waals surface area (Å²) >= 11 is 0. The van der Waals surface area contributed by atoms with Gasteiger partial charge in [-0.05, 0) is 31.9 Å². The molecule has 1 atom stereocenters.